The van der Waals surface area contributed by atoms with E-state index in [1.165, 1.54) is 18.4 Å². The molecule has 0 amide bonds. The van der Waals surface area contributed by atoms with E-state index >= 15 is 0 Å². The summed E-state index contributed by atoms with van der Waals surface area (Å²) in [5, 5.41) is 0. The molecule has 0 aliphatic carbocycles. The first-order valence-corrected chi connectivity index (χ1v) is 6.19. The van der Waals surface area contributed by atoms with E-state index in [0.29, 0.717) is 0 Å². The Hall–Kier alpha value is -1.16. The van der Waals surface area contributed by atoms with Crippen molar-refractivity contribution in [1.29, 1.82) is 0 Å². The van der Waals surface area contributed by atoms with Crippen molar-refractivity contribution in [2.75, 3.05) is 0 Å². The van der Waals surface area contributed by atoms with Gasteiger partial charge in [-0.1, -0.05) is 19.8 Å². The quantitative estimate of drug-likeness (QED) is 0.649. The highest BCUT2D eigenvalue weighted by molar-refractivity contribution is 7.71. The van der Waals surface area contributed by atoms with Gasteiger partial charge in [-0.25, -0.2) is 4.98 Å². The number of aryl methyl sites for hydroxylation is 2. The van der Waals surface area contributed by atoms with Gasteiger partial charge in [0.2, 0.25) is 0 Å². The molecule has 0 spiro atoms. The van der Waals surface area contributed by atoms with Crippen LogP contribution in [0.15, 0.2) is 12.3 Å². The topological polar surface area (TPSA) is 33.6 Å². The smallest absolute Gasteiger partial charge is 0.179 e. The zero-order valence-electron chi connectivity index (χ0n) is 9.79. The molecule has 0 atom stereocenters. The van der Waals surface area contributed by atoms with Crippen LogP contribution in [0.1, 0.15) is 31.7 Å². The zero-order valence-corrected chi connectivity index (χ0v) is 10.6. The van der Waals surface area contributed by atoms with Crippen molar-refractivity contribution in [2.45, 2.75) is 39.7 Å². The highest BCUT2D eigenvalue weighted by atomic mass is 32.1. The first-order valence-electron chi connectivity index (χ1n) is 5.78. The lowest BCUT2D eigenvalue weighted by molar-refractivity contribution is 0.605. The van der Waals surface area contributed by atoms with Crippen molar-refractivity contribution in [2.24, 2.45) is 0 Å². The van der Waals surface area contributed by atoms with Crippen LogP contribution >= 0.6 is 12.2 Å². The number of unbranched alkanes of at least 4 members (excludes halogenated alkanes) is 2. The Balaban J connectivity index is 2.40. The van der Waals surface area contributed by atoms with Gasteiger partial charge in [-0.15, -0.1) is 0 Å². The van der Waals surface area contributed by atoms with E-state index in [0.717, 1.165) is 28.9 Å². The van der Waals surface area contributed by atoms with Gasteiger partial charge in [-0.3, -0.25) is 0 Å². The molecule has 3 nitrogen and oxygen atoms in total. The maximum Gasteiger partial charge on any atom is 0.179 e. The van der Waals surface area contributed by atoms with Crippen LogP contribution in [0.4, 0.5) is 0 Å². The number of aromatic amines is 1. The fraction of sp³-hybridized carbons (Fsp3) is 0.500. The average Bonchev–Trinajstić information content (AvgIpc) is 2.58. The Labute approximate surface area is 101 Å². The summed E-state index contributed by atoms with van der Waals surface area (Å²) in [6, 6.07) is 2.00. The fourth-order valence-corrected chi connectivity index (χ4v) is 2.18. The van der Waals surface area contributed by atoms with Gasteiger partial charge in [0.1, 0.15) is 0 Å². The molecule has 16 heavy (non-hydrogen) atoms. The van der Waals surface area contributed by atoms with Crippen LogP contribution in [0.3, 0.4) is 0 Å². The first-order chi connectivity index (χ1) is 7.74. The second-order valence-electron chi connectivity index (χ2n) is 4.12. The van der Waals surface area contributed by atoms with E-state index in [-0.39, 0.29) is 0 Å². The molecule has 2 aromatic rings. The zero-order chi connectivity index (χ0) is 11.5. The summed E-state index contributed by atoms with van der Waals surface area (Å²) in [7, 11) is 0. The Morgan fingerprint density at radius 2 is 2.25 bits per heavy atom. The van der Waals surface area contributed by atoms with Crippen molar-refractivity contribution in [1.82, 2.24) is 14.5 Å². The van der Waals surface area contributed by atoms with E-state index in [1.54, 1.807) is 0 Å². The summed E-state index contributed by atoms with van der Waals surface area (Å²) < 4.78 is 2.89. The highest BCUT2D eigenvalue weighted by Crippen LogP contribution is 2.16. The molecular weight excluding hydrogens is 218 g/mol. The minimum absolute atomic E-state index is 0.785. The minimum Gasteiger partial charge on any atom is -0.329 e. The predicted molar refractivity (Wildman–Crippen MR) is 69.2 cm³/mol. The molecule has 2 rings (SSSR count). The molecular formula is C12H17N3S. The molecule has 86 valence electrons. The number of fused-ring (bicyclic) bond motifs is 1. The summed E-state index contributed by atoms with van der Waals surface area (Å²) in [6.07, 6.45) is 5.46. The van der Waals surface area contributed by atoms with Crippen LogP contribution in [0, 0.1) is 11.7 Å². The number of aromatic nitrogens is 3. The van der Waals surface area contributed by atoms with Gasteiger partial charge < -0.3 is 9.55 Å². The molecule has 2 heterocycles. The van der Waals surface area contributed by atoms with Crippen LogP contribution in [-0.2, 0) is 6.54 Å². The number of imidazole rings is 1. The maximum atomic E-state index is 5.33. The van der Waals surface area contributed by atoms with Crippen molar-refractivity contribution in [3.05, 3.63) is 22.6 Å². The molecule has 0 fully saturated rings. The number of nitrogens with zero attached hydrogens (tertiary/aromatic N) is 2. The average molecular weight is 235 g/mol. The standard InChI is InChI=1S/C12H17N3S/c1-3-4-5-8-15-11-10(14-12(15)16)9(2)6-7-13-11/h6-7H,3-5,8H2,1-2H3,(H,14,16). The van der Waals surface area contributed by atoms with Gasteiger partial charge in [-0.05, 0) is 37.2 Å². The van der Waals surface area contributed by atoms with E-state index < -0.39 is 0 Å². The molecule has 0 bridgehead atoms. The lowest BCUT2D eigenvalue weighted by Crippen LogP contribution is -1.99. The molecule has 0 radical (unpaired) electrons. The van der Waals surface area contributed by atoms with E-state index in [4.69, 9.17) is 12.2 Å². The third-order valence-corrected chi connectivity index (χ3v) is 3.18. The summed E-state index contributed by atoms with van der Waals surface area (Å²) in [6.45, 7) is 5.24. The van der Waals surface area contributed by atoms with E-state index in [2.05, 4.69) is 28.4 Å². The van der Waals surface area contributed by atoms with Crippen LogP contribution in [0.2, 0.25) is 0 Å². The number of nitrogens with one attached hydrogen (secondary N) is 1. The second-order valence-corrected chi connectivity index (χ2v) is 4.50. The summed E-state index contributed by atoms with van der Waals surface area (Å²) in [5.41, 5.74) is 3.26. The normalized spacial score (nSPS) is 11.1. The number of pyridine rings is 1. The number of hydrogen-bond acceptors (Lipinski definition) is 2. The first kappa shape index (κ1) is 11.3. The monoisotopic (exact) mass is 235 g/mol. The van der Waals surface area contributed by atoms with Gasteiger partial charge >= 0.3 is 0 Å². The van der Waals surface area contributed by atoms with E-state index in [9.17, 15) is 0 Å². The Kier molecular flexibility index (Phi) is 3.39. The highest BCUT2D eigenvalue weighted by Gasteiger charge is 2.06. The third-order valence-electron chi connectivity index (χ3n) is 2.86. The van der Waals surface area contributed by atoms with Crippen molar-refractivity contribution in [3.8, 4) is 0 Å². The third kappa shape index (κ3) is 2.02. The Bertz CT molecular complexity index is 539. The minimum atomic E-state index is 0.785. The Morgan fingerprint density at radius 3 is 3.00 bits per heavy atom. The van der Waals surface area contributed by atoms with Gasteiger partial charge in [0.25, 0.3) is 0 Å². The number of H-pyrrole nitrogens is 1. The Morgan fingerprint density at radius 1 is 1.44 bits per heavy atom. The molecule has 0 saturated heterocycles. The van der Waals surface area contributed by atoms with Gasteiger partial charge in [0.15, 0.2) is 10.4 Å². The maximum absolute atomic E-state index is 5.33. The SMILES string of the molecule is CCCCCn1c(=S)[nH]c2c(C)ccnc21. The second kappa shape index (κ2) is 4.78. The van der Waals surface area contributed by atoms with Crippen LogP contribution in [-0.4, -0.2) is 14.5 Å². The molecule has 0 saturated carbocycles. The largest absolute Gasteiger partial charge is 0.329 e. The fourth-order valence-electron chi connectivity index (χ4n) is 1.90. The molecule has 1 N–H and O–H groups in total. The van der Waals surface area contributed by atoms with Crippen LogP contribution in [0.25, 0.3) is 11.2 Å². The van der Waals surface area contributed by atoms with Crippen molar-refractivity contribution >= 4 is 23.4 Å². The summed E-state index contributed by atoms with van der Waals surface area (Å²) in [5.74, 6) is 0. The summed E-state index contributed by atoms with van der Waals surface area (Å²) in [4.78, 5) is 7.64. The lowest BCUT2D eigenvalue weighted by Gasteiger charge is -2.02. The van der Waals surface area contributed by atoms with Gasteiger partial charge in [0.05, 0.1) is 5.52 Å². The lowest BCUT2D eigenvalue weighted by atomic mass is 10.2. The molecule has 2 aromatic heterocycles. The van der Waals surface area contributed by atoms with Gasteiger partial charge in [0, 0.05) is 12.7 Å². The van der Waals surface area contributed by atoms with Crippen LogP contribution in [0.5, 0.6) is 0 Å². The van der Waals surface area contributed by atoms with Gasteiger partial charge in [-0.2, -0.15) is 0 Å². The van der Waals surface area contributed by atoms with E-state index in [1.807, 2.05) is 12.3 Å². The predicted octanol–water partition coefficient (Wildman–Crippen LogP) is 3.59. The number of hydrogen-bond donors (Lipinski definition) is 1. The van der Waals surface area contributed by atoms with Crippen molar-refractivity contribution < 1.29 is 0 Å². The molecule has 0 aromatic carbocycles. The molecule has 0 unspecified atom stereocenters. The molecule has 0 aliphatic rings. The van der Waals surface area contributed by atoms with Crippen LogP contribution < -0.4 is 0 Å². The molecule has 4 heteroatoms. The number of rotatable bonds is 4. The van der Waals surface area contributed by atoms with Crippen molar-refractivity contribution in [3.63, 3.8) is 0 Å². The summed E-state index contributed by atoms with van der Waals surface area (Å²) >= 11 is 5.33. The molecule has 0 aliphatic heterocycles.